The summed E-state index contributed by atoms with van der Waals surface area (Å²) in [6, 6.07) is 5.08. The fourth-order valence-electron chi connectivity index (χ4n) is 3.71. The van der Waals surface area contributed by atoms with Crippen molar-refractivity contribution in [3.63, 3.8) is 0 Å². The zero-order chi connectivity index (χ0) is 18.7. The summed E-state index contributed by atoms with van der Waals surface area (Å²) in [5.74, 6) is -0.136. The number of carbonyl (C=O) groups is 2. The molecule has 2 aliphatic heterocycles. The van der Waals surface area contributed by atoms with E-state index in [0.717, 1.165) is 26.1 Å². The predicted molar refractivity (Wildman–Crippen MR) is 102 cm³/mol. The van der Waals surface area contributed by atoms with Crippen LogP contribution < -0.4 is 10.2 Å². The first-order chi connectivity index (χ1) is 12.4. The highest BCUT2D eigenvalue weighted by Crippen LogP contribution is 2.28. The highest BCUT2D eigenvalue weighted by molar-refractivity contribution is 6.31. The Balaban J connectivity index is 1.62. The Labute approximate surface area is 159 Å². The van der Waals surface area contributed by atoms with Crippen molar-refractivity contribution in [2.45, 2.75) is 38.9 Å². The molecule has 1 N–H and O–H groups in total. The summed E-state index contributed by atoms with van der Waals surface area (Å²) in [6.45, 7) is 7.82. The van der Waals surface area contributed by atoms with Crippen LogP contribution >= 0.6 is 11.6 Å². The van der Waals surface area contributed by atoms with Gasteiger partial charge >= 0.3 is 0 Å². The van der Waals surface area contributed by atoms with Crippen molar-refractivity contribution in [2.75, 3.05) is 37.6 Å². The normalized spacial score (nSPS) is 24.1. The fraction of sp³-hybridized carbons (Fsp3) is 0.579. The second kappa shape index (κ2) is 8.37. The van der Waals surface area contributed by atoms with Crippen molar-refractivity contribution in [3.8, 4) is 0 Å². The summed E-state index contributed by atoms with van der Waals surface area (Å²) in [6.07, 6.45) is 1.73. The topological polar surface area (TPSA) is 61.9 Å². The molecule has 2 saturated heterocycles. The third-order valence-corrected chi connectivity index (χ3v) is 5.01. The van der Waals surface area contributed by atoms with Gasteiger partial charge in [0.25, 0.3) is 5.91 Å². The Kier molecular flexibility index (Phi) is 6.16. The van der Waals surface area contributed by atoms with Crippen LogP contribution in [0.1, 0.15) is 37.0 Å². The lowest BCUT2D eigenvalue weighted by atomic mass is 10.1. The average Bonchev–Trinajstić information content (AvgIpc) is 2.99. The zero-order valence-corrected chi connectivity index (χ0v) is 16.1. The van der Waals surface area contributed by atoms with Gasteiger partial charge in [0.2, 0.25) is 5.91 Å². The number of nitrogens with zero attached hydrogens (tertiary/aromatic N) is 2. The third-order valence-electron chi connectivity index (χ3n) is 4.78. The molecule has 0 radical (unpaired) electrons. The van der Waals surface area contributed by atoms with Crippen molar-refractivity contribution in [1.82, 2.24) is 10.2 Å². The molecule has 2 amide bonds. The number of ether oxygens (including phenoxy) is 1. The lowest BCUT2D eigenvalue weighted by molar-refractivity contribution is -0.117. The van der Waals surface area contributed by atoms with E-state index in [4.69, 9.17) is 16.3 Å². The summed E-state index contributed by atoms with van der Waals surface area (Å²) >= 11 is 6.09. The van der Waals surface area contributed by atoms with E-state index in [-0.39, 0.29) is 24.0 Å². The molecule has 0 aromatic heterocycles. The summed E-state index contributed by atoms with van der Waals surface area (Å²) in [5.41, 5.74) is 1.10. The molecule has 2 aliphatic rings. The highest BCUT2D eigenvalue weighted by atomic mass is 35.5. The quantitative estimate of drug-likeness (QED) is 0.852. The molecule has 7 heteroatoms. The molecule has 2 atom stereocenters. The summed E-state index contributed by atoms with van der Waals surface area (Å²) < 4.78 is 5.73. The Hall–Kier alpha value is -1.63. The first-order valence-corrected chi connectivity index (χ1v) is 9.58. The van der Waals surface area contributed by atoms with Crippen LogP contribution in [0.3, 0.4) is 0 Å². The van der Waals surface area contributed by atoms with Crippen LogP contribution in [-0.4, -0.2) is 61.6 Å². The van der Waals surface area contributed by atoms with E-state index < -0.39 is 0 Å². The maximum Gasteiger partial charge on any atom is 0.253 e. The maximum absolute atomic E-state index is 12.7. The van der Waals surface area contributed by atoms with Crippen molar-refractivity contribution >= 4 is 29.1 Å². The van der Waals surface area contributed by atoms with Gasteiger partial charge in [-0.15, -0.1) is 0 Å². The van der Waals surface area contributed by atoms with Gasteiger partial charge in [-0.25, -0.2) is 0 Å². The number of anilines is 1. The average molecular weight is 380 g/mol. The summed E-state index contributed by atoms with van der Waals surface area (Å²) in [5, 5.41) is 3.49. The smallest absolute Gasteiger partial charge is 0.253 e. The maximum atomic E-state index is 12.7. The van der Waals surface area contributed by atoms with Crippen molar-refractivity contribution in [3.05, 3.63) is 28.8 Å². The van der Waals surface area contributed by atoms with Crippen LogP contribution in [0.5, 0.6) is 0 Å². The van der Waals surface area contributed by atoms with Gasteiger partial charge < -0.3 is 15.0 Å². The Morgan fingerprint density at radius 1 is 1.31 bits per heavy atom. The Morgan fingerprint density at radius 3 is 2.69 bits per heavy atom. The lowest BCUT2D eigenvalue weighted by Crippen LogP contribution is -2.47. The van der Waals surface area contributed by atoms with Crippen LogP contribution in [-0.2, 0) is 9.53 Å². The van der Waals surface area contributed by atoms with Gasteiger partial charge in [0.1, 0.15) is 0 Å². The fourth-order valence-corrected chi connectivity index (χ4v) is 3.88. The number of carbonyl (C=O) groups excluding carboxylic acids is 2. The number of benzene rings is 1. The Morgan fingerprint density at radius 2 is 2.04 bits per heavy atom. The second-order valence-electron chi connectivity index (χ2n) is 7.08. The standard InChI is InChI=1S/C19H26ClN3O3/c1-13-11-22(12-14(2)26-13)9-7-21-19(25)16-6-5-15(20)10-17(16)23-8-3-4-18(23)24/h5-6,10,13-14H,3-4,7-9,11-12H2,1-2H3,(H,21,25). The van der Waals surface area contributed by atoms with E-state index in [0.29, 0.717) is 35.8 Å². The van der Waals surface area contributed by atoms with E-state index in [9.17, 15) is 9.59 Å². The molecule has 6 nitrogen and oxygen atoms in total. The Bertz CT molecular complexity index is 672. The van der Waals surface area contributed by atoms with Gasteiger partial charge in [-0.2, -0.15) is 0 Å². The van der Waals surface area contributed by atoms with Crippen LogP contribution in [0.15, 0.2) is 18.2 Å². The molecule has 2 heterocycles. The van der Waals surface area contributed by atoms with E-state index >= 15 is 0 Å². The van der Waals surface area contributed by atoms with Crippen molar-refractivity contribution in [1.29, 1.82) is 0 Å². The number of hydrogen-bond acceptors (Lipinski definition) is 4. The van der Waals surface area contributed by atoms with Crippen LogP contribution in [0.25, 0.3) is 0 Å². The van der Waals surface area contributed by atoms with E-state index in [1.54, 1.807) is 23.1 Å². The van der Waals surface area contributed by atoms with Gasteiger partial charge in [-0.05, 0) is 38.5 Å². The zero-order valence-electron chi connectivity index (χ0n) is 15.3. The number of nitrogens with one attached hydrogen (secondary N) is 1. The minimum absolute atomic E-state index is 0.0395. The van der Waals surface area contributed by atoms with Crippen molar-refractivity contribution in [2.24, 2.45) is 0 Å². The second-order valence-corrected chi connectivity index (χ2v) is 7.52. The van der Waals surface area contributed by atoms with Gasteiger partial charge in [-0.1, -0.05) is 11.6 Å². The molecule has 2 fully saturated rings. The van der Waals surface area contributed by atoms with E-state index in [1.807, 2.05) is 0 Å². The molecule has 0 spiro atoms. The van der Waals surface area contributed by atoms with Gasteiger partial charge in [0, 0.05) is 44.2 Å². The molecule has 0 saturated carbocycles. The molecule has 1 aromatic rings. The van der Waals surface area contributed by atoms with Crippen LogP contribution in [0.2, 0.25) is 5.02 Å². The number of amides is 2. The highest BCUT2D eigenvalue weighted by Gasteiger charge is 2.26. The van der Waals surface area contributed by atoms with E-state index in [2.05, 4.69) is 24.1 Å². The number of morpholine rings is 1. The van der Waals surface area contributed by atoms with Crippen molar-refractivity contribution < 1.29 is 14.3 Å². The molecule has 1 aromatic carbocycles. The molecule has 142 valence electrons. The summed E-state index contributed by atoms with van der Waals surface area (Å²) in [7, 11) is 0. The molecule has 3 rings (SSSR count). The van der Waals surface area contributed by atoms with Gasteiger partial charge in [-0.3, -0.25) is 14.5 Å². The van der Waals surface area contributed by atoms with Gasteiger partial charge in [0.15, 0.2) is 0 Å². The minimum Gasteiger partial charge on any atom is -0.373 e. The largest absolute Gasteiger partial charge is 0.373 e. The SMILES string of the molecule is CC1CN(CCNC(=O)c2ccc(Cl)cc2N2CCCC2=O)CC(C)O1. The lowest BCUT2D eigenvalue weighted by Gasteiger charge is -2.35. The van der Waals surface area contributed by atoms with Gasteiger partial charge in [0.05, 0.1) is 23.5 Å². The molecular weight excluding hydrogens is 354 g/mol. The molecule has 26 heavy (non-hydrogen) atoms. The molecular formula is C19H26ClN3O3. The van der Waals surface area contributed by atoms with Crippen LogP contribution in [0, 0.1) is 0 Å². The third kappa shape index (κ3) is 4.55. The van der Waals surface area contributed by atoms with Crippen LogP contribution in [0.4, 0.5) is 5.69 Å². The number of rotatable bonds is 5. The number of halogens is 1. The predicted octanol–water partition coefficient (Wildman–Crippen LogP) is 2.31. The minimum atomic E-state index is -0.175. The molecule has 0 aliphatic carbocycles. The number of hydrogen-bond donors (Lipinski definition) is 1. The summed E-state index contributed by atoms with van der Waals surface area (Å²) in [4.78, 5) is 28.7. The monoisotopic (exact) mass is 379 g/mol. The first-order valence-electron chi connectivity index (χ1n) is 9.20. The molecule has 0 bridgehead atoms. The van der Waals surface area contributed by atoms with E-state index in [1.165, 1.54) is 0 Å². The first kappa shape index (κ1) is 19.1. The molecule has 2 unspecified atom stereocenters.